The van der Waals surface area contributed by atoms with E-state index in [4.69, 9.17) is 15.6 Å². The maximum Gasteiger partial charge on any atom is 0.328 e. The third-order valence-electron chi connectivity index (χ3n) is 3.07. The highest BCUT2D eigenvalue weighted by molar-refractivity contribution is 5.85. The maximum atomic E-state index is 12.2. The second-order valence-corrected chi connectivity index (χ2v) is 4.55. The molecule has 1 aliphatic rings. The van der Waals surface area contributed by atoms with Crippen LogP contribution in [0.4, 0.5) is 0 Å². The van der Waals surface area contributed by atoms with E-state index in [9.17, 15) is 9.59 Å². The molecule has 0 radical (unpaired) electrons. The van der Waals surface area contributed by atoms with Gasteiger partial charge in [-0.25, -0.2) is 4.79 Å². The molecule has 6 heteroatoms. The molecule has 1 amide bonds. The number of hydrogen-bond acceptors (Lipinski definition) is 4. The quantitative estimate of drug-likeness (QED) is 0.697. The van der Waals surface area contributed by atoms with E-state index in [2.05, 4.69) is 0 Å². The monoisotopic (exact) mass is 244 g/mol. The average molecular weight is 244 g/mol. The summed E-state index contributed by atoms with van der Waals surface area (Å²) < 4.78 is 5.09. The number of carboxylic acids is 1. The molecule has 1 aliphatic heterocycles. The van der Waals surface area contributed by atoms with Gasteiger partial charge >= 0.3 is 5.97 Å². The van der Waals surface area contributed by atoms with E-state index in [1.54, 1.807) is 0 Å². The van der Waals surface area contributed by atoms with E-state index in [1.165, 1.54) is 4.90 Å². The molecule has 2 unspecified atom stereocenters. The summed E-state index contributed by atoms with van der Waals surface area (Å²) in [5.74, 6) is -1.43. The summed E-state index contributed by atoms with van der Waals surface area (Å²) in [6.07, 6.45) is 0. The zero-order chi connectivity index (χ0) is 13.0. The van der Waals surface area contributed by atoms with Crippen LogP contribution < -0.4 is 5.73 Å². The number of rotatable bonds is 4. The van der Waals surface area contributed by atoms with Crippen LogP contribution in [0.3, 0.4) is 0 Å². The molecule has 2 atom stereocenters. The van der Waals surface area contributed by atoms with Crippen molar-refractivity contribution in [1.82, 2.24) is 4.90 Å². The van der Waals surface area contributed by atoms with E-state index in [-0.39, 0.29) is 30.9 Å². The maximum absolute atomic E-state index is 12.2. The molecule has 0 saturated carbocycles. The second kappa shape index (κ2) is 5.97. The van der Waals surface area contributed by atoms with Crippen molar-refractivity contribution in [2.45, 2.75) is 19.9 Å². The standard InChI is InChI=1S/C11H20N2O4/c1-7(2)8(5-12)10(14)13-3-4-17-6-9(13)11(15)16/h7-9H,3-6,12H2,1-2H3,(H,15,16). The molecule has 3 N–H and O–H groups in total. The predicted octanol–water partition coefficient (Wildman–Crippen LogP) is -0.471. The van der Waals surface area contributed by atoms with E-state index in [0.29, 0.717) is 13.2 Å². The van der Waals surface area contributed by atoms with Crippen LogP contribution in [0.25, 0.3) is 0 Å². The van der Waals surface area contributed by atoms with Gasteiger partial charge in [0.25, 0.3) is 0 Å². The fourth-order valence-electron chi connectivity index (χ4n) is 1.94. The van der Waals surface area contributed by atoms with Crippen LogP contribution in [0.5, 0.6) is 0 Å². The van der Waals surface area contributed by atoms with Gasteiger partial charge in [0.05, 0.1) is 19.1 Å². The Hall–Kier alpha value is -1.14. The number of aliphatic carboxylic acids is 1. The second-order valence-electron chi connectivity index (χ2n) is 4.55. The first-order valence-corrected chi connectivity index (χ1v) is 5.80. The normalized spacial score (nSPS) is 22.6. The van der Waals surface area contributed by atoms with E-state index < -0.39 is 12.0 Å². The van der Waals surface area contributed by atoms with Crippen molar-refractivity contribution in [3.63, 3.8) is 0 Å². The van der Waals surface area contributed by atoms with Crippen molar-refractivity contribution in [2.24, 2.45) is 17.6 Å². The number of ether oxygens (including phenoxy) is 1. The van der Waals surface area contributed by atoms with Gasteiger partial charge in [0.15, 0.2) is 6.04 Å². The zero-order valence-electron chi connectivity index (χ0n) is 10.3. The Labute approximate surface area is 101 Å². The highest BCUT2D eigenvalue weighted by Gasteiger charge is 2.36. The molecule has 98 valence electrons. The molecule has 1 rings (SSSR count). The summed E-state index contributed by atoms with van der Waals surface area (Å²) in [5, 5.41) is 9.05. The van der Waals surface area contributed by atoms with Crippen LogP contribution in [0.1, 0.15) is 13.8 Å². The van der Waals surface area contributed by atoms with Gasteiger partial charge in [-0.15, -0.1) is 0 Å². The lowest BCUT2D eigenvalue weighted by molar-refractivity contribution is -0.160. The highest BCUT2D eigenvalue weighted by atomic mass is 16.5. The van der Waals surface area contributed by atoms with Gasteiger partial charge in [-0.2, -0.15) is 0 Å². The lowest BCUT2D eigenvalue weighted by Gasteiger charge is -2.36. The fraction of sp³-hybridized carbons (Fsp3) is 0.818. The molecular weight excluding hydrogens is 224 g/mol. The van der Waals surface area contributed by atoms with Crippen molar-refractivity contribution in [3.8, 4) is 0 Å². The Kier molecular flexibility index (Phi) is 4.89. The SMILES string of the molecule is CC(C)C(CN)C(=O)N1CCOCC1C(=O)O. The van der Waals surface area contributed by atoms with Gasteiger partial charge in [0.2, 0.25) is 5.91 Å². The molecule has 0 aliphatic carbocycles. The molecule has 1 saturated heterocycles. The number of hydrogen-bond donors (Lipinski definition) is 2. The first kappa shape index (κ1) is 13.9. The third-order valence-corrected chi connectivity index (χ3v) is 3.07. The number of nitrogens with zero attached hydrogens (tertiary/aromatic N) is 1. The van der Waals surface area contributed by atoms with Crippen LogP contribution in [0, 0.1) is 11.8 Å². The van der Waals surface area contributed by atoms with Crippen LogP contribution in [0.15, 0.2) is 0 Å². The van der Waals surface area contributed by atoms with Crippen molar-refractivity contribution < 1.29 is 19.4 Å². The largest absolute Gasteiger partial charge is 0.480 e. The van der Waals surface area contributed by atoms with Gasteiger partial charge in [-0.3, -0.25) is 4.79 Å². The summed E-state index contributed by atoms with van der Waals surface area (Å²) in [6, 6.07) is -0.885. The van der Waals surface area contributed by atoms with Crippen LogP contribution >= 0.6 is 0 Å². The van der Waals surface area contributed by atoms with Gasteiger partial charge in [-0.1, -0.05) is 13.8 Å². The van der Waals surface area contributed by atoms with E-state index in [1.807, 2.05) is 13.8 Å². The first-order chi connectivity index (χ1) is 7.99. The molecule has 6 nitrogen and oxygen atoms in total. The minimum Gasteiger partial charge on any atom is -0.480 e. The fourth-order valence-corrected chi connectivity index (χ4v) is 1.94. The number of carbonyl (C=O) groups is 2. The van der Waals surface area contributed by atoms with E-state index >= 15 is 0 Å². The van der Waals surface area contributed by atoms with Crippen molar-refractivity contribution in [1.29, 1.82) is 0 Å². The average Bonchev–Trinajstić information content (AvgIpc) is 2.29. The summed E-state index contributed by atoms with van der Waals surface area (Å²) in [6.45, 7) is 4.80. The zero-order valence-corrected chi connectivity index (χ0v) is 10.3. The minimum atomic E-state index is -1.03. The minimum absolute atomic E-state index is 0.0520. The Morgan fingerprint density at radius 3 is 2.65 bits per heavy atom. The molecule has 0 aromatic carbocycles. The number of amides is 1. The van der Waals surface area contributed by atoms with E-state index in [0.717, 1.165) is 0 Å². The third kappa shape index (κ3) is 3.17. The molecule has 0 spiro atoms. The number of carbonyl (C=O) groups excluding carboxylic acids is 1. The highest BCUT2D eigenvalue weighted by Crippen LogP contribution is 2.17. The Balaban J connectivity index is 2.80. The summed E-state index contributed by atoms with van der Waals surface area (Å²) in [4.78, 5) is 24.6. The van der Waals surface area contributed by atoms with Gasteiger partial charge in [0, 0.05) is 13.1 Å². The molecule has 0 aromatic rings. The molecule has 1 fully saturated rings. The van der Waals surface area contributed by atoms with Gasteiger partial charge in [-0.05, 0) is 5.92 Å². The lowest BCUT2D eigenvalue weighted by atomic mass is 9.93. The Morgan fingerprint density at radius 2 is 2.18 bits per heavy atom. The number of nitrogens with two attached hydrogens (primary N) is 1. The predicted molar refractivity (Wildman–Crippen MR) is 61.3 cm³/mol. The summed E-state index contributed by atoms with van der Waals surface area (Å²) in [5.41, 5.74) is 5.58. The van der Waals surface area contributed by atoms with Crippen LogP contribution in [-0.4, -0.2) is 54.2 Å². The van der Waals surface area contributed by atoms with Crippen molar-refractivity contribution in [2.75, 3.05) is 26.3 Å². The molecule has 17 heavy (non-hydrogen) atoms. The van der Waals surface area contributed by atoms with Gasteiger partial charge < -0.3 is 20.5 Å². The van der Waals surface area contributed by atoms with Crippen molar-refractivity contribution in [3.05, 3.63) is 0 Å². The Bertz CT molecular complexity index is 293. The summed E-state index contributed by atoms with van der Waals surface area (Å²) >= 11 is 0. The van der Waals surface area contributed by atoms with Crippen LogP contribution in [-0.2, 0) is 14.3 Å². The van der Waals surface area contributed by atoms with Gasteiger partial charge in [0.1, 0.15) is 0 Å². The first-order valence-electron chi connectivity index (χ1n) is 5.80. The van der Waals surface area contributed by atoms with Crippen LogP contribution in [0.2, 0.25) is 0 Å². The lowest BCUT2D eigenvalue weighted by Crippen LogP contribution is -2.55. The molecule has 0 bridgehead atoms. The smallest absolute Gasteiger partial charge is 0.328 e. The number of carboxylic acid groups (broad SMARTS) is 1. The molecule has 1 heterocycles. The molecular formula is C11H20N2O4. The molecule has 0 aromatic heterocycles. The Morgan fingerprint density at radius 1 is 1.53 bits per heavy atom. The topological polar surface area (TPSA) is 92.9 Å². The number of morpholine rings is 1. The van der Waals surface area contributed by atoms with Crippen molar-refractivity contribution >= 4 is 11.9 Å². The summed E-state index contributed by atoms with van der Waals surface area (Å²) in [7, 11) is 0.